The first-order valence-corrected chi connectivity index (χ1v) is 10.4. The number of pyridine rings is 2. The minimum atomic E-state index is -0.0403. The highest BCUT2D eigenvalue weighted by Gasteiger charge is 2.29. The van der Waals surface area contributed by atoms with Crippen LogP contribution in [0.3, 0.4) is 0 Å². The summed E-state index contributed by atoms with van der Waals surface area (Å²) in [5.41, 5.74) is 1.73. The number of hydrogen-bond acceptors (Lipinski definition) is 5. The smallest absolute Gasteiger partial charge is 0.255 e. The zero-order chi connectivity index (χ0) is 20.6. The maximum absolute atomic E-state index is 12.8. The predicted octanol–water partition coefficient (Wildman–Crippen LogP) is 3.60. The number of rotatable bonds is 8. The molecule has 1 N–H and O–H groups in total. The predicted molar refractivity (Wildman–Crippen MR) is 114 cm³/mol. The lowest BCUT2D eigenvalue weighted by molar-refractivity contribution is -0.124. The maximum Gasteiger partial charge on any atom is 0.255 e. The molecule has 0 bridgehead atoms. The average Bonchev–Trinajstić information content (AvgIpc) is 2.74. The molecule has 154 valence electrons. The van der Waals surface area contributed by atoms with Gasteiger partial charge in [-0.2, -0.15) is 0 Å². The van der Waals surface area contributed by atoms with E-state index in [1.165, 1.54) is 5.56 Å². The summed E-state index contributed by atoms with van der Waals surface area (Å²) in [6.07, 6.45) is 8.44. The molecule has 1 aliphatic heterocycles. The molecule has 1 fully saturated rings. The largest absolute Gasteiger partial charge is 0.370 e. The molecule has 1 unspecified atom stereocenters. The highest BCUT2D eigenvalue weighted by Crippen LogP contribution is 2.22. The van der Waals surface area contributed by atoms with E-state index in [0.29, 0.717) is 31.0 Å². The highest BCUT2D eigenvalue weighted by molar-refractivity contribution is 5.94. The third kappa shape index (κ3) is 6.11. The third-order valence-corrected chi connectivity index (χ3v) is 5.23. The lowest BCUT2D eigenvalue weighted by Gasteiger charge is -2.32. The molecule has 2 aromatic rings. The molecule has 6 nitrogen and oxygen atoms in total. The number of Topliss-reactive ketones (excluding diaryl/α,β-unsaturated/α-hetero) is 1. The van der Waals surface area contributed by atoms with Crippen LogP contribution in [0, 0.1) is 11.8 Å². The number of aromatic nitrogens is 2. The van der Waals surface area contributed by atoms with Crippen molar-refractivity contribution in [1.82, 2.24) is 14.9 Å². The Kier molecular flexibility index (Phi) is 7.33. The molecule has 0 aliphatic carbocycles. The van der Waals surface area contributed by atoms with E-state index < -0.39 is 0 Å². The molecule has 6 heteroatoms. The Morgan fingerprint density at radius 1 is 1.24 bits per heavy atom. The Morgan fingerprint density at radius 2 is 2.10 bits per heavy atom. The molecule has 3 heterocycles. The summed E-state index contributed by atoms with van der Waals surface area (Å²) in [5.74, 6) is 1.31. The lowest BCUT2D eigenvalue weighted by Crippen LogP contribution is -2.42. The fourth-order valence-corrected chi connectivity index (χ4v) is 3.68. The molecule has 3 rings (SSSR count). The number of carbonyl (C=O) groups is 2. The first-order chi connectivity index (χ1) is 14.0. The van der Waals surface area contributed by atoms with E-state index in [9.17, 15) is 9.59 Å². The Hall–Kier alpha value is -2.76. The van der Waals surface area contributed by atoms with Gasteiger partial charge in [0.2, 0.25) is 0 Å². The summed E-state index contributed by atoms with van der Waals surface area (Å²) in [7, 11) is 0. The van der Waals surface area contributed by atoms with E-state index in [1.54, 1.807) is 23.4 Å². The van der Waals surface area contributed by atoms with Gasteiger partial charge in [0.15, 0.2) is 0 Å². The summed E-state index contributed by atoms with van der Waals surface area (Å²) < 4.78 is 0. The number of nitrogens with zero attached hydrogens (tertiary/aromatic N) is 3. The summed E-state index contributed by atoms with van der Waals surface area (Å²) in [5, 5.41) is 3.27. The Bertz CT molecular complexity index is 805. The molecule has 0 radical (unpaired) electrons. The van der Waals surface area contributed by atoms with Crippen LogP contribution in [0.2, 0.25) is 0 Å². The monoisotopic (exact) mass is 394 g/mol. The van der Waals surface area contributed by atoms with Crippen LogP contribution in [0.1, 0.15) is 49.0 Å². The van der Waals surface area contributed by atoms with Gasteiger partial charge in [0.05, 0.1) is 5.56 Å². The van der Waals surface area contributed by atoms with E-state index in [2.05, 4.69) is 29.1 Å². The second-order valence-electron chi connectivity index (χ2n) is 8.12. The molecular weight excluding hydrogens is 364 g/mol. The number of amides is 1. The van der Waals surface area contributed by atoms with Crippen LogP contribution in [0.4, 0.5) is 5.82 Å². The topological polar surface area (TPSA) is 75.2 Å². The first-order valence-electron chi connectivity index (χ1n) is 10.4. The van der Waals surface area contributed by atoms with Crippen molar-refractivity contribution in [1.29, 1.82) is 0 Å². The summed E-state index contributed by atoms with van der Waals surface area (Å²) in [4.78, 5) is 35.5. The van der Waals surface area contributed by atoms with Gasteiger partial charge in [-0.15, -0.1) is 0 Å². The molecule has 29 heavy (non-hydrogen) atoms. The fraction of sp³-hybridized carbons (Fsp3) is 0.478. The Labute approximate surface area is 172 Å². The van der Waals surface area contributed by atoms with Crippen molar-refractivity contribution < 1.29 is 9.59 Å². The Morgan fingerprint density at radius 3 is 2.79 bits per heavy atom. The van der Waals surface area contributed by atoms with Gasteiger partial charge in [0, 0.05) is 50.6 Å². The average molecular weight is 395 g/mol. The molecule has 2 aromatic heterocycles. The van der Waals surface area contributed by atoms with Crippen LogP contribution in [0.15, 0.2) is 42.9 Å². The molecule has 1 aliphatic rings. The van der Waals surface area contributed by atoms with E-state index in [1.807, 2.05) is 24.4 Å². The number of likely N-dealkylation sites (tertiary alicyclic amines) is 1. The summed E-state index contributed by atoms with van der Waals surface area (Å²) in [6, 6.07) is 7.61. The summed E-state index contributed by atoms with van der Waals surface area (Å²) >= 11 is 0. The number of anilines is 1. The van der Waals surface area contributed by atoms with Crippen LogP contribution >= 0.6 is 0 Å². The normalized spacial score (nSPS) is 16.7. The van der Waals surface area contributed by atoms with Crippen LogP contribution in [-0.4, -0.2) is 46.2 Å². The van der Waals surface area contributed by atoms with E-state index in [4.69, 9.17) is 0 Å². The van der Waals surface area contributed by atoms with Crippen molar-refractivity contribution in [3.63, 3.8) is 0 Å². The third-order valence-electron chi connectivity index (χ3n) is 5.23. The van der Waals surface area contributed by atoms with Crippen molar-refractivity contribution in [3.05, 3.63) is 54.0 Å². The quantitative estimate of drug-likeness (QED) is 0.740. The maximum atomic E-state index is 12.8. The fourth-order valence-electron chi connectivity index (χ4n) is 3.68. The van der Waals surface area contributed by atoms with E-state index in [0.717, 1.165) is 31.6 Å². The van der Waals surface area contributed by atoms with Crippen molar-refractivity contribution >= 4 is 17.5 Å². The number of hydrogen-bond donors (Lipinski definition) is 1. The lowest BCUT2D eigenvalue weighted by atomic mass is 9.89. The van der Waals surface area contributed by atoms with Crippen molar-refractivity contribution in [2.75, 3.05) is 25.0 Å². The number of piperidine rings is 1. The second kappa shape index (κ2) is 10.1. The standard InChI is InChI=1S/C23H30N4O2/c1-17(2)13-21(28)20-6-4-12-27(16-20)23(29)19-7-8-22(26-15-19)25-11-9-18-5-3-10-24-14-18/h3,5,7-8,10,14-15,17,20H,4,6,9,11-13,16H2,1-2H3,(H,25,26). The van der Waals surface area contributed by atoms with Gasteiger partial charge >= 0.3 is 0 Å². The minimum absolute atomic E-state index is 0.0310. The molecule has 0 aromatic carbocycles. The molecule has 1 saturated heterocycles. The second-order valence-corrected chi connectivity index (χ2v) is 8.12. The van der Waals surface area contributed by atoms with Crippen LogP contribution in [-0.2, 0) is 11.2 Å². The van der Waals surface area contributed by atoms with Gasteiger partial charge in [-0.3, -0.25) is 14.6 Å². The van der Waals surface area contributed by atoms with E-state index in [-0.39, 0.29) is 17.6 Å². The van der Waals surface area contributed by atoms with Crippen LogP contribution < -0.4 is 5.32 Å². The molecular formula is C23H30N4O2. The van der Waals surface area contributed by atoms with Gasteiger partial charge in [0.25, 0.3) is 5.91 Å². The van der Waals surface area contributed by atoms with Crippen molar-refractivity contribution in [2.24, 2.45) is 11.8 Å². The van der Waals surface area contributed by atoms with Crippen molar-refractivity contribution in [2.45, 2.75) is 39.5 Å². The van der Waals surface area contributed by atoms with E-state index >= 15 is 0 Å². The highest BCUT2D eigenvalue weighted by atomic mass is 16.2. The minimum Gasteiger partial charge on any atom is -0.370 e. The van der Waals surface area contributed by atoms with Crippen LogP contribution in [0.25, 0.3) is 0 Å². The number of nitrogens with one attached hydrogen (secondary N) is 1. The van der Waals surface area contributed by atoms with Gasteiger partial charge < -0.3 is 10.2 Å². The Balaban J connectivity index is 1.52. The zero-order valence-corrected chi connectivity index (χ0v) is 17.3. The summed E-state index contributed by atoms with van der Waals surface area (Å²) in [6.45, 7) is 6.09. The molecule has 0 saturated carbocycles. The van der Waals surface area contributed by atoms with Crippen LogP contribution in [0.5, 0.6) is 0 Å². The number of ketones is 1. The van der Waals surface area contributed by atoms with Gasteiger partial charge in [-0.05, 0) is 48.9 Å². The molecule has 1 amide bonds. The zero-order valence-electron chi connectivity index (χ0n) is 17.3. The number of carbonyl (C=O) groups excluding carboxylic acids is 2. The van der Waals surface area contributed by atoms with Gasteiger partial charge in [-0.25, -0.2) is 4.98 Å². The van der Waals surface area contributed by atoms with Gasteiger partial charge in [0.1, 0.15) is 11.6 Å². The molecule has 1 atom stereocenters. The first kappa shape index (κ1) is 21.0. The van der Waals surface area contributed by atoms with Crippen molar-refractivity contribution in [3.8, 4) is 0 Å². The van der Waals surface area contributed by atoms with Gasteiger partial charge in [-0.1, -0.05) is 19.9 Å². The SMILES string of the molecule is CC(C)CC(=O)C1CCCN(C(=O)c2ccc(NCCc3cccnc3)nc2)C1. The molecule has 0 spiro atoms.